The van der Waals surface area contributed by atoms with Crippen molar-refractivity contribution in [3.63, 3.8) is 0 Å². The van der Waals surface area contributed by atoms with Crippen molar-refractivity contribution in [2.24, 2.45) is 0 Å². The van der Waals surface area contributed by atoms with Crippen molar-refractivity contribution in [2.75, 3.05) is 6.61 Å². The molecule has 0 bridgehead atoms. The predicted octanol–water partition coefficient (Wildman–Crippen LogP) is -1.08. The summed E-state index contributed by atoms with van der Waals surface area (Å²) in [4.78, 5) is 11.0. The number of carbonyl (C=O) groups excluding carboxylic acids is 1. The van der Waals surface area contributed by atoms with Crippen molar-refractivity contribution >= 4 is 23.8 Å². The Bertz CT molecular complexity index is 272. The zero-order chi connectivity index (χ0) is 11.5. The number of halogens is 3. The molecular formula is C9H12Cl2INO2. The van der Waals surface area contributed by atoms with E-state index >= 15 is 0 Å². The summed E-state index contributed by atoms with van der Waals surface area (Å²) in [6, 6.07) is 5.65. The van der Waals surface area contributed by atoms with Gasteiger partial charge in [0.2, 0.25) is 6.54 Å². The Hall–Kier alpha value is -0.0700. The van der Waals surface area contributed by atoms with Gasteiger partial charge in [-0.25, -0.2) is 4.79 Å². The molecule has 1 rings (SSSR count). The van der Waals surface area contributed by atoms with Crippen LogP contribution in [-0.2, 0) is 16.1 Å². The second-order valence-electron chi connectivity index (χ2n) is 2.41. The summed E-state index contributed by atoms with van der Waals surface area (Å²) >= 11 is -0.466. The molecule has 0 aliphatic carbocycles. The van der Waals surface area contributed by atoms with Crippen molar-refractivity contribution in [3.8, 4) is 0 Å². The molecule has 0 atom stereocenters. The molecule has 0 fully saturated rings. The number of hydrogen-bond donors (Lipinski definition) is 0. The van der Waals surface area contributed by atoms with E-state index in [4.69, 9.17) is 22.6 Å². The van der Waals surface area contributed by atoms with E-state index in [1.807, 2.05) is 30.6 Å². The van der Waals surface area contributed by atoms with Gasteiger partial charge >= 0.3 is 42.7 Å². The van der Waals surface area contributed by atoms with Gasteiger partial charge < -0.3 is 4.74 Å². The van der Waals surface area contributed by atoms with Gasteiger partial charge in [-0.2, -0.15) is 4.57 Å². The van der Waals surface area contributed by atoms with E-state index < -0.39 is 18.9 Å². The third-order valence-corrected chi connectivity index (χ3v) is 1.39. The molecule has 0 radical (unpaired) electrons. The predicted molar refractivity (Wildman–Crippen MR) is 55.0 cm³/mol. The van der Waals surface area contributed by atoms with Crippen LogP contribution in [0.1, 0.15) is 6.92 Å². The average molecular weight is 364 g/mol. The zero-order valence-corrected chi connectivity index (χ0v) is 11.9. The van der Waals surface area contributed by atoms with Gasteiger partial charge in [0.15, 0.2) is 12.4 Å². The van der Waals surface area contributed by atoms with E-state index in [-0.39, 0.29) is 12.5 Å². The molecular weight excluding hydrogens is 352 g/mol. The Morgan fingerprint density at radius 3 is 2.33 bits per heavy atom. The van der Waals surface area contributed by atoms with Crippen LogP contribution in [0.3, 0.4) is 0 Å². The summed E-state index contributed by atoms with van der Waals surface area (Å²) in [6.07, 6.45) is 3.66. The quantitative estimate of drug-likeness (QED) is 0.388. The van der Waals surface area contributed by atoms with Gasteiger partial charge in [0, 0.05) is 12.1 Å². The fraction of sp³-hybridized carbons (Fsp3) is 0.333. The summed E-state index contributed by atoms with van der Waals surface area (Å²) < 4.78 is 6.56. The Kier molecular flexibility index (Phi) is 10.4. The van der Waals surface area contributed by atoms with Gasteiger partial charge in [-0.3, -0.25) is 0 Å². The Balaban J connectivity index is 0.000000583. The number of carbonyl (C=O) groups is 1. The molecule has 6 heteroatoms. The van der Waals surface area contributed by atoms with Crippen LogP contribution < -0.4 is 23.5 Å². The van der Waals surface area contributed by atoms with E-state index in [2.05, 4.69) is 0 Å². The van der Waals surface area contributed by atoms with Gasteiger partial charge in [0.25, 0.3) is 0 Å². The van der Waals surface area contributed by atoms with Crippen molar-refractivity contribution < 1.29 is 33.0 Å². The Morgan fingerprint density at radius 1 is 1.33 bits per heavy atom. The third-order valence-electron chi connectivity index (χ3n) is 1.39. The molecule has 1 aromatic rings. The van der Waals surface area contributed by atoms with Crippen LogP contribution >= 0.6 is 17.8 Å². The number of nitrogens with zero attached hydrogens (tertiary/aromatic N) is 1. The first kappa shape index (κ1) is 14.9. The van der Waals surface area contributed by atoms with E-state index in [9.17, 15) is 4.79 Å². The van der Waals surface area contributed by atoms with Crippen LogP contribution in [0.2, 0.25) is 0 Å². The Labute approximate surface area is 107 Å². The van der Waals surface area contributed by atoms with E-state index in [1.54, 1.807) is 11.5 Å². The molecule has 0 aromatic carbocycles. The van der Waals surface area contributed by atoms with Gasteiger partial charge in [-0.1, -0.05) is 6.07 Å². The topological polar surface area (TPSA) is 30.2 Å². The van der Waals surface area contributed by atoms with Crippen LogP contribution in [0.15, 0.2) is 30.6 Å². The van der Waals surface area contributed by atoms with Crippen molar-refractivity contribution in [3.05, 3.63) is 30.6 Å². The van der Waals surface area contributed by atoms with Crippen LogP contribution in [0.4, 0.5) is 0 Å². The number of hydrogen-bond acceptors (Lipinski definition) is 2. The summed E-state index contributed by atoms with van der Waals surface area (Å²) in [5, 5.41) is 0. The van der Waals surface area contributed by atoms with Crippen molar-refractivity contribution in [2.45, 2.75) is 13.5 Å². The molecule has 0 amide bonds. The van der Waals surface area contributed by atoms with Gasteiger partial charge in [-0.15, -0.1) is 0 Å². The van der Waals surface area contributed by atoms with Gasteiger partial charge in [0.05, 0.1) is 6.61 Å². The first-order valence-corrected chi connectivity index (χ1v) is 9.67. The molecule has 0 aliphatic heterocycles. The first-order valence-electron chi connectivity index (χ1n) is 4.21. The number of rotatable bonds is 3. The van der Waals surface area contributed by atoms with Crippen LogP contribution in [0.5, 0.6) is 0 Å². The number of esters is 1. The summed E-state index contributed by atoms with van der Waals surface area (Å²) in [5.74, 6) is -0.200. The van der Waals surface area contributed by atoms with Crippen LogP contribution in [-0.4, -0.2) is 12.6 Å². The monoisotopic (exact) mass is 363 g/mol. The number of pyridine rings is 1. The minimum absolute atomic E-state index is 0.200. The maximum absolute atomic E-state index is 11.0. The normalized spacial score (nSPS) is 9.00. The van der Waals surface area contributed by atoms with E-state index in [0.29, 0.717) is 6.61 Å². The molecule has 1 heterocycles. The summed E-state index contributed by atoms with van der Waals surface area (Å²) in [5.41, 5.74) is 0. The van der Waals surface area contributed by atoms with Gasteiger partial charge in [-0.05, 0) is 6.92 Å². The summed E-state index contributed by atoms with van der Waals surface area (Å²) in [6.45, 7) is 2.52. The number of aromatic nitrogens is 1. The molecule has 0 saturated heterocycles. The molecule has 0 N–H and O–H groups in total. The molecule has 15 heavy (non-hydrogen) atoms. The van der Waals surface area contributed by atoms with Crippen molar-refractivity contribution in [1.82, 2.24) is 0 Å². The molecule has 1 aromatic heterocycles. The molecule has 3 nitrogen and oxygen atoms in total. The molecule has 0 spiro atoms. The molecule has 0 unspecified atom stereocenters. The standard InChI is InChI=1S/C9H12NO2.Cl2I/c1-2-12-9(11)8-10-6-4-3-5-7-10;1-3-2/h3-7H,2,8H2,1H3;/q+1;-1. The van der Waals surface area contributed by atoms with Crippen LogP contribution in [0, 0.1) is 0 Å². The second-order valence-corrected chi connectivity index (χ2v) is 5.61. The van der Waals surface area contributed by atoms with Crippen molar-refractivity contribution in [1.29, 1.82) is 0 Å². The maximum atomic E-state index is 11.0. The number of ether oxygens (including phenoxy) is 1. The minimum atomic E-state index is -0.466. The van der Waals surface area contributed by atoms with E-state index in [1.165, 1.54) is 0 Å². The summed E-state index contributed by atoms with van der Waals surface area (Å²) in [7, 11) is 9.75. The SMILES string of the molecule is CCOC(=O)C[n+]1ccccc1.Cl[I-]Cl. The van der Waals surface area contributed by atoms with Gasteiger partial charge in [0.1, 0.15) is 0 Å². The molecule has 0 aliphatic rings. The molecule has 0 saturated carbocycles. The fourth-order valence-corrected chi connectivity index (χ4v) is 0.895. The third kappa shape index (κ3) is 8.89. The second kappa shape index (κ2) is 10.4. The average Bonchev–Trinajstić information content (AvgIpc) is 2.20. The Morgan fingerprint density at radius 2 is 1.87 bits per heavy atom. The molecule has 86 valence electrons. The van der Waals surface area contributed by atoms with Crippen LogP contribution in [0.25, 0.3) is 0 Å². The zero-order valence-electron chi connectivity index (χ0n) is 8.20. The fourth-order valence-electron chi connectivity index (χ4n) is 0.895. The first-order chi connectivity index (χ1) is 7.24. The van der Waals surface area contributed by atoms with E-state index in [0.717, 1.165) is 0 Å².